The predicted molar refractivity (Wildman–Crippen MR) is 54.4 cm³/mol. The van der Waals surface area contributed by atoms with Gasteiger partial charge in [-0.25, -0.2) is 4.98 Å². The summed E-state index contributed by atoms with van der Waals surface area (Å²) < 4.78 is 5.39. The van der Waals surface area contributed by atoms with E-state index in [-0.39, 0.29) is 0 Å². The van der Waals surface area contributed by atoms with E-state index in [1.807, 2.05) is 6.92 Å². The van der Waals surface area contributed by atoms with Crippen LogP contribution in [0.15, 0.2) is 0 Å². The van der Waals surface area contributed by atoms with Crippen molar-refractivity contribution >= 4 is 0 Å². The van der Waals surface area contributed by atoms with Crippen molar-refractivity contribution in [2.24, 2.45) is 0 Å². The third-order valence-corrected chi connectivity index (χ3v) is 2.62. The Labute approximate surface area is 84.1 Å². The zero-order valence-electron chi connectivity index (χ0n) is 8.76. The quantitative estimate of drug-likeness (QED) is 0.725. The Bertz CT molecular complexity index is 283. The molecule has 1 saturated heterocycles. The zero-order chi connectivity index (χ0) is 9.97. The molecule has 78 valence electrons. The molecule has 0 amide bonds. The van der Waals surface area contributed by atoms with Gasteiger partial charge in [0.05, 0.1) is 18.9 Å². The molecular formula is C10H17N3O. The smallest absolute Gasteiger partial charge is 0.108 e. The third kappa shape index (κ3) is 2.13. The minimum Gasteiger partial charge on any atom is -0.379 e. The first-order valence-electron chi connectivity index (χ1n) is 5.09. The van der Waals surface area contributed by atoms with Crippen LogP contribution >= 0.6 is 0 Å². The second kappa shape index (κ2) is 4.11. The number of rotatable bonds is 2. The number of hydrogen-bond acceptors (Lipinski definition) is 3. The van der Waals surface area contributed by atoms with Crippen molar-refractivity contribution in [2.45, 2.75) is 26.3 Å². The van der Waals surface area contributed by atoms with Crippen LogP contribution < -0.4 is 5.32 Å². The summed E-state index contributed by atoms with van der Waals surface area (Å²) in [4.78, 5) is 7.74. The lowest BCUT2D eigenvalue weighted by atomic mass is 10.2. The molecule has 2 rings (SSSR count). The monoisotopic (exact) mass is 195 g/mol. The fourth-order valence-electron chi connectivity index (χ4n) is 1.70. The lowest BCUT2D eigenvalue weighted by Gasteiger charge is -2.22. The summed E-state index contributed by atoms with van der Waals surface area (Å²) in [5, 5.41) is 3.41. The van der Waals surface area contributed by atoms with Crippen molar-refractivity contribution in [1.82, 2.24) is 15.3 Å². The van der Waals surface area contributed by atoms with Gasteiger partial charge in [-0.1, -0.05) is 0 Å². The van der Waals surface area contributed by atoms with E-state index in [1.165, 1.54) is 0 Å². The number of hydrogen-bond donors (Lipinski definition) is 2. The van der Waals surface area contributed by atoms with Gasteiger partial charge in [0, 0.05) is 24.7 Å². The zero-order valence-corrected chi connectivity index (χ0v) is 8.76. The first-order chi connectivity index (χ1) is 6.75. The van der Waals surface area contributed by atoms with Crippen LogP contribution in [0.1, 0.15) is 17.2 Å². The Kier molecular flexibility index (Phi) is 2.84. The molecule has 14 heavy (non-hydrogen) atoms. The Morgan fingerprint density at radius 3 is 2.93 bits per heavy atom. The molecule has 0 saturated carbocycles. The van der Waals surface area contributed by atoms with Crippen LogP contribution in [0.3, 0.4) is 0 Å². The molecule has 4 nitrogen and oxygen atoms in total. The van der Waals surface area contributed by atoms with E-state index in [4.69, 9.17) is 4.74 Å². The van der Waals surface area contributed by atoms with Crippen LogP contribution in [-0.2, 0) is 11.2 Å². The Balaban J connectivity index is 1.95. The highest BCUT2D eigenvalue weighted by Gasteiger charge is 2.15. The van der Waals surface area contributed by atoms with E-state index in [2.05, 4.69) is 22.2 Å². The van der Waals surface area contributed by atoms with Crippen molar-refractivity contribution in [3.63, 3.8) is 0 Å². The number of H-pyrrole nitrogens is 1. The molecule has 1 unspecified atom stereocenters. The van der Waals surface area contributed by atoms with Crippen LogP contribution in [0.4, 0.5) is 0 Å². The van der Waals surface area contributed by atoms with E-state index < -0.39 is 0 Å². The first-order valence-corrected chi connectivity index (χ1v) is 5.09. The maximum Gasteiger partial charge on any atom is 0.108 e. The molecule has 1 atom stereocenters. The number of nitrogens with one attached hydrogen (secondary N) is 2. The van der Waals surface area contributed by atoms with Crippen LogP contribution in [0.5, 0.6) is 0 Å². The standard InChI is InChI=1S/C10H17N3O/c1-7-8(2)13-10(12-7)5-9-6-14-4-3-11-9/h9,11H,3-6H2,1-2H3,(H,12,13). The number of ether oxygens (including phenoxy) is 1. The summed E-state index contributed by atoms with van der Waals surface area (Å²) in [6.45, 7) is 6.64. The molecule has 0 aliphatic carbocycles. The van der Waals surface area contributed by atoms with Gasteiger partial charge < -0.3 is 15.0 Å². The number of imidazole rings is 1. The van der Waals surface area contributed by atoms with Gasteiger partial charge >= 0.3 is 0 Å². The second-order valence-electron chi connectivity index (χ2n) is 3.82. The topological polar surface area (TPSA) is 49.9 Å². The van der Waals surface area contributed by atoms with E-state index in [0.717, 1.165) is 43.4 Å². The fraction of sp³-hybridized carbons (Fsp3) is 0.700. The average molecular weight is 195 g/mol. The Morgan fingerprint density at radius 2 is 2.36 bits per heavy atom. The second-order valence-corrected chi connectivity index (χ2v) is 3.82. The Morgan fingerprint density at radius 1 is 1.50 bits per heavy atom. The Hall–Kier alpha value is -0.870. The van der Waals surface area contributed by atoms with Crippen molar-refractivity contribution in [2.75, 3.05) is 19.8 Å². The number of aryl methyl sites for hydroxylation is 2. The molecular weight excluding hydrogens is 178 g/mol. The lowest BCUT2D eigenvalue weighted by Crippen LogP contribution is -2.42. The summed E-state index contributed by atoms with van der Waals surface area (Å²) in [7, 11) is 0. The molecule has 1 fully saturated rings. The van der Waals surface area contributed by atoms with E-state index in [0.29, 0.717) is 6.04 Å². The van der Waals surface area contributed by atoms with Crippen LogP contribution in [0.2, 0.25) is 0 Å². The maximum absolute atomic E-state index is 5.39. The molecule has 4 heteroatoms. The normalized spacial score (nSPS) is 22.6. The molecule has 1 aliphatic rings. The fourth-order valence-corrected chi connectivity index (χ4v) is 1.70. The van der Waals surface area contributed by atoms with Gasteiger partial charge in [0.1, 0.15) is 5.82 Å². The van der Waals surface area contributed by atoms with Gasteiger partial charge in [-0.15, -0.1) is 0 Å². The highest BCUT2D eigenvalue weighted by Crippen LogP contribution is 2.06. The molecule has 0 aromatic carbocycles. The van der Waals surface area contributed by atoms with E-state index in [1.54, 1.807) is 0 Å². The van der Waals surface area contributed by atoms with Crippen molar-refractivity contribution in [3.05, 3.63) is 17.2 Å². The lowest BCUT2D eigenvalue weighted by molar-refractivity contribution is 0.0764. The molecule has 0 radical (unpaired) electrons. The minimum absolute atomic E-state index is 0.411. The highest BCUT2D eigenvalue weighted by molar-refractivity contribution is 5.11. The predicted octanol–water partition coefficient (Wildman–Crippen LogP) is 0.557. The van der Waals surface area contributed by atoms with Gasteiger partial charge in [0.15, 0.2) is 0 Å². The largest absolute Gasteiger partial charge is 0.379 e. The molecule has 2 heterocycles. The molecule has 1 aliphatic heterocycles. The summed E-state index contributed by atoms with van der Waals surface area (Å²) in [5.74, 6) is 1.06. The SMILES string of the molecule is Cc1nc(CC2COCCN2)[nH]c1C. The van der Waals surface area contributed by atoms with Gasteiger partial charge in [-0.05, 0) is 13.8 Å². The molecule has 0 bridgehead atoms. The van der Waals surface area contributed by atoms with Gasteiger partial charge in [-0.3, -0.25) is 0 Å². The van der Waals surface area contributed by atoms with Gasteiger partial charge in [0.2, 0.25) is 0 Å². The van der Waals surface area contributed by atoms with Crippen LogP contribution in [-0.4, -0.2) is 35.8 Å². The van der Waals surface area contributed by atoms with E-state index >= 15 is 0 Å². The minimum atomic E-state index is 0.411. The van der Waals surface area contributed by atoms with Gasteiger partial charge in [0.25, 0.3) is 0 Å². The number of nitrogens with zero attached hydrogens (tertiary/aromatic N) is 1. The molecule has 2 N–H and O–H groups in total. The maximum atomic E-state index is 5.39. The molecule has 1 aromatic heterocycles. The summed E-state index contributed by atoms with van der Waals surface area (Å²) in [6, 6.07) is 0.411. The first kappa shape index (κ1) is 9.68. The van der Waals surface area contributed by atoms with E-state index in [9.17, 15) is 0 Å². The number of aromatic amines is 1. The molecule has 1 aromatic rings. The van der Waals surface area contributed by atoms with Crippen molar-refractivity contribution < 1.29 is 4.74 Å². The van der Waals surface area contributed by atoms with Crippen molar-refractivity contribution in [3.8, 4) is 0 Å². The van der Waals surface area contributed by atoms with Crippen LogP contribution in [0.25, 0.3) is 0 Å². The highest BCUT2D eigenvalue weighted by atomic mass is 16.5. The van der Waals surface area contributed by atoms with Crippen molar-refractivity contribution in [1.29, 1.82) is 0 Å². The number of aromatic nitrogens is 2. The van der Waals surface area contributed by atoms with Crippen LogP contribution in [0, 0.1) is 13.8 Å². The summed E-state index contributed by atoms with van der Waals surface area (Å²) >= 11 is 0. The third-order valence-electron chi connectivity index (χ3n) is 2.62. The molecule has 0 spiro atoms. The average Bonchev–Trinajstić information content (AvgIpc) is 2.47. The summed E-state index contributed by atoms with van der Waals surface area (Å²) in [5.41, 5.74) is 2.26. The number of morpholine rings is 1. The summed E-state index contributed by atoms with van der Waals surface area (Å²) in [6.07, 6.45) is 0.925. The van der Waals surface area contributed by atoms with Gasteiger partial charge in [-0.2, -0.15) is 0 Å².